The summed E-state index contributed by atoms with van der Waals surface area (Å²) in [6.07, 6.45) is -17.4. The fourth-order valence-corrected chi connectivity index (χ4v) is 11.9. The number of benzene rings is 2. The van der Waals surface area contributed by atoms with Crippen LogP contribution in [0.3, 0.4) is 0 Å². The number of ether oxygens (including phenoxy) is 10. The van der Waals surface area contributed by atoms with Gasteiger partial charge in [-0.3, -0.25) is 9.59 Å². The van der Waals surface area contributed by atoms with Crippen LogP contribution in [0, 0.1) is 17.8 Å². The number of amides is 2. The number of hydrogen-bond donors (Lipinski definition) is 9. The van der Waals surface area contributed by atoms with E-state index >= 15 is 0 Å². The van der Waals surface area contributed by atoms with Crippen LogP contribution in [0.1, 0.15) is 87.6 Å². The maximum atomic E-state index is 14.3. The summed E-state index contributed by atoms with van der Waals surface area (Å²) in [5, 5.41) is 90.7. The summed E-state index contributed by atoms with van der Waals surface area (Å²) in [6.45, 7) is 6.47. The van der Waals surface area contributed by atoms with Crippen LogP contribution in [0.15, 0.2) is 72.5 Å². The fraction of sp³-hybridized carbons (Fsp3) is 0.672. The van der Waals surface area contributed by atoms with E-state index in [1.165, 1.54) is 19.1 Å². The van der Waals surface area contributed by atoms with Crippen molar-refractivity contribution in [3.05, 3.63) is 83.6 Å². The number of carbonyl (C=O) groups is 3. The van der Waals surface area contributed by atoms with E-state index in [0.29, 0.717) is 36.6 Å². The van der Waals surface area contributed by atoms with Crippen LogP contribution in [-0.2, 0) is 52.2 Å². The van der Waals surface area contributed by atoms with Gasteiger partial charge in [-0.25, -0.2) is 4.79 Å². The SMILES string of the molecule is C=C1Oc2ccccc2C=C1COC1C(O)[C@@H](OCCNC(=O)C2C[C@@H](C)C(O[C@@H]3OC(C)[C@@H](O)[C@H](O)C3O)[C@H](O[C@@H]3OC(CO)[C@H](O)C(O[C@@H](CC4CCCCC4)C(=O)N4CCC4)C3OC(=O)c3ccccc3)C2)O[C@H](CO)[C@H]1O. The third-order valence-electron chi connectivity index (χ3n) is 16.7. The standard InChI is InChI=1S/C58H80N2O21/c1-30-23-36(53(69)59-19-22-72-56-48(68)50(44(64)41(27-61)78-56)73-29-37-25-35-17-10-11-18-38(35)74-31(37)2)26-39(49(30)81-57-47(67)46(66)43(63)32(3)75-57)77-58-52(80-55(71)34-15-8-5-9-16-34)51(45(65)42(28-62)79-58)76-40(54(70)60-20-12-21-60)24-33-13-6-4-7-14-33/h5,8-11,15-18,25,30,32-33,36,39-52,56-58,61-68H,2,4,6-7,12-14,19-24,26-29H2,1,3H3,(H,59,69)/t30-,32?,36?,39-,40+,41-,42?,43-,44-,45+,46+,47?,48?,49?,50?,51?,52?,56+,57+,58-/m1/s1. The first kappa shape index (κ1) is 61.1. The van der Waals surface area contributed by atoms with E-state index in [2.05, 4.69) is 11.9 Å². The minimum Gasteiger partial charge on any atom is -0.457 e. The van der Waals surface area contributed by atoms with Crippen LogP contribution >= 0.6 is 0 Å². The van der Waals surface area contributed by atoms with Gasteiger partial charge in [0.1, 0.15) is 78.7 Å². The lowest BCUT2D eigenvalue weighted by Gasteiger charge is -2.48. The van der Waals surface area contributed by atoms with Crippen LogP contribution in [-0.4, -0.2) is 220 Å². The molecule has 5 aliphatic heterocycles. The van der Waals surface area contributed by atoms with E-state index < -0.39 is 147 Å². The van der Waals surface area contributed by atoms with E-state index in [-0.39, 0.29) is 50.0 Å². The molecule has 2 saturated carbocycles. The molecule has 81 heavy (non-hydrogen) atoms. The maximum absolute atomic E-state index is 14.3. The molecule has 0 radical (unpaired) electrons. The summed E-state index contributed by atoms with van der Waals surface area (Å²) in [5.41, 5.74) is 1.48. The molecule has 7 aliphatic rings. The molecule has 2 aromatic carbocycles. The number of aliphatic hydroxyl groups is 8. The number of esters is 1. The Morgan fingerprint density at radius 1 is 0.716 bits per heavy atom. The molecule has 23 heteroatoms. The van der Waals surface area contributed by atoms with Gasteiger partial charge >= 0.3 is 5.97 Å². The number of fused-ring (bicyclic) bond motifs is 1. The molecule has 448 valence electrons. The quantitative estimate of drug-likeness (QED) is 0.0618. The molecule has 9 N–H and O–H groups in total. The van der Waals surface area contributed by atoms with Gasteiger partial charge in [-0.1, -0.05) is 82.0 Å². The monoisotopic (exact) mass is 1140 g/mol. The van der Waals surface area contributed by atoms with Gasteiger partial charge in [0, 0.05) is 36.7 Å². The second-order valence-electron chi connectivity index (χ2n) is 22.4. The molecule has 0 aromatic heterocycles. The summed E-state index contributed by atoms with van der Waals surface area (Å²) < 4.78 is 61.9. The molecule has 9 rings (SSSR count). The Hall–Kier alpha value is -4.51. The largest absolute Gasteiger partial charge is 0.457 e. The van der Waals surface area contributed by atoms with Crippen molar-refractivity contribution in [1.82, 2.24) is 10.2 Å². The van der Waals surface area contributed by atoms with Crippen molar-refractivity contribution in [2.24, 2.45) is 17.8 Å². The maximum Gasteiger partial charge on any atom is 0.338 e. The second-order valence-corrected chi connectivity index (χ2v) is 22.4. The number of likely N-dealkylation sites (tertiary alicyclic amines) is 1. The Morgan fingerprint density at radius 2 is 1.41 bits per heavy atom. The van der Waals surface area contributed by atoms with Crippen LogP contribution in [0.5, 0.6) is 5.75 Å². The Morgan fingerprint density at radius 3 is 2.11 bits per heavy atom. The van der Waals surface area contributed by atoms with Gasteiger partial charge in [0.2, 0.25) is 5.91 Å². The second kappa shape index (κ2) is 27.9. The van der Waals surface area contributed by atoms with Gasteiger partial charge in [0.05, 0.1) is 50.3 Å². The van der Waals surface area contributed by atoms with Crippen molar-refractivity contribution >= 4 is 23.9 Å². The van der Waals surface area contributed by atoms with Crippen molar-refractivity contribution in [2.45, 2.75) is 182 Å². The first-order valence-electron chi connectivity index (χ1n) is 28.5. The lowest BCUT2D eigenvalue weighted by Crippen LogP contribution is -2.64. The zero-order valence-electron chi connectivity index (χ0n) is 45.8. The van der Waals surface area contributed by atoms with Gasteiger partial charge in [-0.05, 0) is 68.7 Å². The van der Waals surface area contributed by atoms with Crippen molar-refractivity contribution < 1.29 is 103 Å². The van der Waals surface area contributed by atoms with E-state index in [1.54, 1.807) is 36.1 Å². The number of nitrogens with one attached hydrogen (secondary N) is 1. The van der Waals surface area contributed by atoms with Crippen LogP contribution < -0.4 is 10.1 Å². The first-order valence-corrected chi connectivity index (χ1v) is 28.5. The fourth-order valence-electron chi connectivity index (χ4n) is 11.9. The Bertz CT molecular complexity index is 2440. The molecular formula is C58H80N2O21. The highest BCUT2D eigenvalue weighted by molar-refractivity contribution is 5.89. The summed E-state index contributed by atoms with van der Waals surface area (Å²) >= 11 is 0. The summed E-state index contributed by atoms with van der Waals surface area (Å²) in [5.74, 6) is -1.92. The Balaban J connectivity index is 0.925. The average molecular weight is 1140 g/mol. The number of nitrogens with zero attached hydrogens (tertiary/aromatic N) is 1. The Labute approximate surface area is 470 Å². The molecule has 4 saturated heterocycles. The zero-order valence-corrected chi connectivity index (χ0v) is 45.8. The summed E-state index contributed by atoms with van der Waals surface area (Å²) in [4.78, 5) is 44.3. The number of carbonyl (C=O) groups excluding carboxylic acids is 3. The molecule has 0 bridgehead atoms. The molecule has 9 unspecified atom stereocenters. The predicted octanol–water partition coefficient (Wildman–Crippen LogP) is 0.837. The normalized spacial score (nSPS) is 36.8. The van der Waals surface area contributed by atoms with Crippen molar-refractivity contribution in [3.8, 4) is 5.75 Å². The number of hydrogen-bond acceptors (Lipinski definition) is 21. The van der Waals surface area contributed by atoms with Crippen LogP contribution in [0.2, 0.25) is 0 Å². The van der Waals surface area contributed by atoms with E-state index in [1.807, 2.05) is 24.3 Å². The van der Waals surface area contributed by atoms with E-state index in [4.69, 9.17) is 47.4 Å². The third kappa shape index (κ3) is 14.4. The zero-order chi connectivity index (χ0) is 57.5. The van der Waals surface area contributed by atoms with Crippen molar-refractivity contribution in [1.29, 1.82) is 0 Å². The Kier molecular flexibility index (Phi) is 21.0. The molecule has 2 aliphatic carbocycles. The van der Waals surface area contributed by atoms with Gasteiger partial charge in [0.25, 0.3) is 5.91 Å². The summed E-state index contributed by atoms with van der Waals surface area (Å²) in [6, 6.07) is 15.4. The average Bonchev–Trinajstić information content (AvgIpc) is 3.47. The molecule has 0 spiro atoms. The molecule has 2 amide bonds. The molecular weight excluding hydrogens is 1060 g/mol. The number of rotatable bonds is 21. The van der Waals surface area contributed by atoms with Crippen molar-refractivity contribution in [3.63, 3.8) is 0 Å². The molecule has 20 atom stereocenters. The third-order valence-corrected chi connectivity index (χ3v) is 16.7. The number of para-hydroxylation sites is 1. The highest BCUT2D eigenvalue weighted by Gasteiger charge is 2.54. The molecule has 2 aromatic rings. The van der Waals surface area contributed by atoms with E-state index in [0.717, 1.165) is 44.1 Å². The van der Waals surface area contributed by atoms with Gasteiger partial charge in [-0.15, -0.1) is 0 Å². The molecule has 5 heterocycles. The molecule has 23 nitrogen and oxygen atoms in total. The van der Waals surface area contributed by atoms with Crippen LogP contribution in [0.25, 0.3) is 6.08 Å². The highest BCUT2D eigenvalue weighted by Crippen LogP contribution is 2.40. The highest BCUT2D eigenvalue weighted by atomic mass is 16.7. The lowest BCUT2D eigenvalue weighted by molar-refractivity contribution is -0.349. The minimum absolute atomic E-state index is 0.111. The van der Waals surface area contributed by atoms with Gasteiger partial charge in [0.15, 0.2) is 25.0 Å². The smallest absolute Gasteiger partial charge is 0.338 e. The van der Waals surface area contributed by atoms with Crippen molar-refractivity contribution in [2.75, 3.05) is 46.1 Å². The topological polar surface area (TPSA) is 321 Å². The number of aliphatic hydroxyl groups excluding tert-OH is 8. The predicted molar refractivity (Wildman–Crippen MR) is 283 cm³/mol. The lowest BCUT2D eigenvalue weighted by atomic mass is 9.77. The van der Waals surface area contributed by atoms with Gasteiger partial charge < -0.3 is 98.4 Å². The van der Waals surface area contributed by atoms with Gasteiger partial charge in [-0.2, -0.15) is 0 Å². The first-order chi connectivity index (χ1) is 39.0. The van der Waals surface area contributed by atoms with E-state index in [9.17, 15) is 55.2 Å². The van der Waals surface area contributed by atoms with Crippen LogP contribution in [0.4, 0.5) is 0 Å². The molecule has 6 fully saturated rings. The summed E-state index contributed by atoms with van der Waals surface area (Å²) in [7, 11) is 0. The minimum atomic E-state index is -1.72.